The molecule has 5 rings (SSSR count). The summed E-state index contributed by atoms with van der Waals surface area (Å²) in [6, 6.07) is 21.7. The molecule has 104 valence electrons. The Bertz CT molecular complexity index is 1060. The van der Waals surface area contributed by atoms with E-state index in [-0.39, 0.29) is 0 Å². The number of benzene rings is 3. The van der Waals surface area contributed by atoms with Crippen LogP contribution in [0, 0.1) is 6.92 Å². The number of pyridine rings is 1. The van der Waals surface area contributed by atoms with Gasteiger partial charge in [-0.15, -0.1) is 0 Å². The average molecular weight is 281 g/mol. The standard InChI is InChI=1S/C21H15N/c1-13-18-12-15-7-3-5-9-17(15)20(18)21-16-8-4-2-6-14(16)10-11-19(21)22-13/h2-11H,12H2,1H3. The minimum Gasteiger partial charge on any atom is -0.253 e. The van der Waals surface area contributed by atoms with Crippen LogP contribution in [0.1, 0.15) is 16.8 Å². The van der Waals surface area contributed by atoms with Crippen LogP contribution in [0.3, 0.4) is 0 Å². The second-order valence-corrected chi connectivity index (χ2v) is 6.07. The van der Waals surface area contributed by atoms with Gasteiger partial charge in [0.15, 0.2) is 0 Å². The van der Waals surface area contributed by atoms with Gasteiger partial charge in [-0.2, -0.15) is 0 Å². The molecule has 1 aromatic heterocycles. The van der Waals surface area contributed by atoms with Gasteiger partial charge >= 0.3 is 0 Å². The minimum atomic E-state index is 1.00. The van der Waals surface area contributed by atoms with Crippen LogP contribution in [0.4, 0.5) is 0 Å². The monoisotopic (exact) mass is 281 g/mol. The van der Waals surface area contributed by atoms with Crippen LogP contribution in [-0.4, -0.2) is 4.98 Å². The van der Waals surface area contributed by atoms with Crippen molar-refractivity contribution >= 4 is 21.7 Å². The van der Waals surface area contributed by atoms with E-state index in [1.165, 1.54) is 38.4 Å². The molecule has 0 bridgehead atoms. The highest BCUT2D eigenvalue weighted by atomic mass is 14.7. The van der Waals surface area contributed by atoms with Crippen LogP contribution in [0.2, 0.25) is 0 Å². The van der Waals surface area contributed by atoms with E-state index in [0.29, 0.717) is 0 Å². The molecule has 1 aliphatic rings. The summed E-state index contributed by atoms with van der Waals surface area (Å²) in [4.78, 5) is 4.88. The molecule has 22 heavy (non-hydrogen) atoms. The number of aromatic nitrogens is 1. The molecule has 1 aliphatic carbocycles. The van der Waals surface area contributed by atoms with E-state index >= 15 is 0 Å². The fraction of sp³-hybridized carbons (Fsp3) is 0.0952. The number of hydrogen-bond donors (Lipinski definition) is 0. The fourth-order valence-corrected chi connectivity index (χ4v) is 3.82. The van der Waals surface area contributed by atoms with Crippen molar-refractivity contribution in [1.82, 2.24) is 4.98 Å². The summed E-state index contributed by atoms with van der Waals surface area (Å²) in [5.41, 5.74) is 7.85. The van der Waals surface area contributed by atoms with Gasteiger partial charge in [-0.3, -0.25) is 4.98 Å². The van der Waals surface area contributed by atoms with Crippen molar-refractivity contribution in [2.24, 2.45) is 0 Å². The maximum Gasteiger partial charge on any atom is 0.0718 e. The number of nitrogens with zero attached hydrogens (tertiary/aromatic N) is 1. The number of fused-ring (bicyclic) bond motifs is 7. The van der Waals surface area contributed by atoms with E-state index in [9.17, 15) is 0 Å². The molecule has 3 aromatic carbocycles. The van der Waals surface area contributed by atoms with Gasteiger partial charge in [-0.25, -0.2) is 0 Å². The summed E-state index contributed by atoms with van der Waals surface area (Å²) < 4.78 is 0. The first-order chi connectivity index (χ1) is 10.8. The largest absolute Gasteiger partial charge is 0.253 e. The lowest BCUT2D eigenvalue weighted by Crippen LogP contribution is -1.94. The molecular formula is C21H15N. The predicted molar refractivity (Wildman–Crippen MR) is 92.2 cm³/mol. The highest BCUT2D eigenvalue weighted by Gasteiger charge is 2.24. The summed E-state index contributed by atoms with van der Waals surface area (Å²) in [6.07, 6.45) is 1.00. The molecule has 0 saturated heterocycles. The third kappa shape index (κ3) is 1.46. The summed E-state index contributed by atoms with van der Waals surface area (Å²) >= 11 is 0. The number of hydrogen-bond acceptors (Lipinski definition) is 1. The van der Waals surface area contributed by atoms with Crippen molar-refractivity contribution in [3.63, 3.8) is 0 Å². The lowest BCUT2D eigenvalue weighted by Gasteiger charge is -2.12. The van der Waals surface area contributed by atoms with E-state index in [1.807, 2.05) is 0 Å². The first-order valence-electron chi connectivity index (χ1n) is 7.72. The Balaban J connectivity index is 2.06. The van der Waals surface area contributed by atoms with Crippen molar-refractivity contribution in [2.45, 2.75) is 13.3 Å². The Morgan fingerprint density at radius 2 is 1.68 bits per heavy atom. The normalized spacial score (nSPS) is 12.6. The van der Waals surface area contributed by atoms with E-state index in [0.717, 1.165) is 17.6 Å². The minimum absolute atomic E-state index is 1.00. The van der Waals surface area contributed by atoms with Gasteiger partial charge < -0.3 is 0 Å². The molecule has 1 heterocycles. The van der Waals surface area contributed by atoms with E-state index in [2.05, 4.69) is 67.6 Å². The molecule has 0 amide bonds. The van der Waals surface area contributed by atoms with E-state index < -0.39 is 0 Å². The highest BCUT2D eigenvalue weighted by Crippen LogP contribution is 2.44. The summed E-state index contributed by atoms with van der Waals surface area (Å²) in [5, 5.41) is 3.90. The van der Waals surface area contributed by atoms with Gasteiger partial charge in [0.25, 0.3) is 0 Å². The molecule has 0 spiro atoms. The molecule has 1 heteroatoms. The maximum atomic E-state index is 4.88. The Kier molecular flexibility index (Phi) is 2.26. The molecular weight excluding hydrogens is 266 g/mol. The maximum absolute atomic E-state index is 4.88. The molecule has 0 N–H and O–H groups in total. The summed E-state index contributed by atoms with van der Waals surface area (Å²) in [6.45, 7) is 2.14. The van der Waals surface area contributed by atoms with Crippen molar-refractivity contribution < 1.29 is 0 Å². The van der Waals surface area contributed by atoms with E-state index in [4.69, 9.17) is 4.98 Å². The zero-order valence-electron chi connectivity index (χ0n) is 12.4. The Morgan fingerprint density at radius 3 is 2.64 bits per heavy atom. The molecule has 0 atom stereocenters. The van der Waals surface area contributed by atoms with Gasteiger partial charge in [0, 0.05) is 17.5 Å². The van der Waals surface area contributed by atoms with Gasteiger partial charge in [0.2, 0.25) is 0 Å². The van der Waals surface area contributed by atoms with Crippen LogP contribution in [0.15, 0.2) is 60.7 Å². The molecule has 4 aromatic rings. The van der Waals surface area contributed by atoms with Crippen LogP contribution in [-0.2, 0) is 6.42 Å². The molecule has 0 fully saturated rings. The third-order valence-electron chi connectivity index (χ3n) is 4.84. The SMILES string of the molecule is Cc1nc2ccc3ccccc3c2c2c1Cc1ccccc1-2. The zero-order valence-corrected chi connectivity index (χ0v) is 12.4. The quantitative estimate of drug-likeness (QED) is 0.352. The predicted octanol–water partition coefficient (Wildman–Crippen LogP) is 5.27. The van der Waals surface area contributed by atoms with Gasteiger partial charge in [0.05, 0.1) is 5.52 Å². The first-order valence-corrected chi connectivity index (χ1v) is 7.72. The zero-order chi connectivity index (χ0) is 14.7. The number of aryl methyl sites for hydroxylation is 1. The summed E-state index contributed by atoms with van der Waals surface area (Å²) in [5.74, 6) is 0. The third-order valence-corrected chi connectivity index (χ3v) is 4.84. The first kappa shape index (κ1) is 11.9. The van der Waals surface area contributed by atoms with Crippen molar-refractivity contribution in [3.8, 4) is 11.1 Å². The van der Waals surface area contributed by atoms with Gasteiger partial charge in [0.1, 0.15) is 0 Å². The van der Waals surface area contributed by atoms with Gasteiger partial charge in [-0.05, 0) is 46.0 Å². The van der Waals surface area contributed by atoms with Gasteiger partial charge in [-0.1, -0.05) is 54.6 Å². The highest BCUT2D eigenvalue weighted by molar-refractivity contribution is 6.15. The average Bonchev–Trinajstić information content (AvgIpc) is 2.95. The summed E-state index contributed by atoms with van der Waals surface area (Å²) in [7, 11) is 0. The van der Waals surface area contributed by atoms with Crippen LogP contribution >= 0.6 is 0 Å². The van der Waals surface area contributed by atoms with E-state index in [1.54, 1.807) is 0 Å². The molecule has 0 aliphatic heterocycles. The molecule has 1 nitrogen and oxygen atoms in total. The molecule has 0 saturated carbocycles. The second-order valence-electron chi connectivity index (χ2n) is 6.07. The van der Waals surface area contributed by atoms with Crippen molar-refractivity contribution in [1.29, 1.82) is 0 Å². The lowest BCUT2D eigenvalue weighted by atomic mass is 9.95. The Hall–Kier alpha value is -2.67. The van der Waals surface area contributed by atoms with Crippen molar-refractivity contribution in [3.05, 3.63) is 77.5 Å². The van der Waals surface area contributed by atoms with Crippen LogP contribution in [0.25, 0.3) is 32.8 Å². The molecule has 0 unspecified atom stereocenters. The van der Waals surface area contributed by atoms with Crippen molar-refractivity contribution in [2.75, 3.05) is 0 Å². The number of rotatable bonds is 0. The smallest absolute Gasteiger partial charge is 0.0718 e. The fourth-order valence-electron chi connectivity index (χ4n) is 3.82. The Labute approximate surface area is 129 Å². The second kappa shape index (κ2) is 4.17. The topological polar surface area (TPSA) is 12.9 Å². The molecule has 0 radical (unpaired) electrons. The lowest BCUT2D eigenvalue weighted by molar-refractivity contribution is 1.14. The Morgan fingerprint density at radius 1 is 0.864 bits per heavy atom. The van der Waals surface area contributed by atoms with Crippen LogP contribution < -0.4 is 0 Å². The van der Waals surface area contributed by atoms with Crippen LogP contribution in [0.5, 0.6) is 0 Å².